The monoisotopic (exact) mass is 657 g/mol. The number of pyridine rings is 1. The van der Waals surface area contributed by atoms with E-state index in [-0.39, 0.29) is 18.7 Å². The van der Waals surface area contributed by atoms with Crippen molar-refractivity contribution in [1.82, 2.24) is 20.1 Å². The molecular formula is C41H47N5O3. The number of rotatable bonds is 7. The van der Waals surface area contributed by atoms with Gasteiger partial charge < -0.3 is 29.5 Å². The van der Waals surface area contributed by atoms with Gasteiger partial charge in [0.05, 0.1) is 11.1 Å². The van der Waals surface area contributed by atoms with Gasteiger partial charge in [0.15, 0.2) is 11.5 Å². The SMILES string of the molecule is O=C(c1cc(Cc2ccc(N3CCC4(CCNC4)CC3)cc2)nc2ccc(-c3ccc4c(c3)OCO4)cc12)N1CCCC1CN1CCCC1. The molecule has 9 rings (SSSR count). The van der Waals surface area contributed by atoms with E-state index in [9.17, 15) is 4.79 Å². The number of fused-ring (bicyclic) bond motifs is 2. The minimum Gasteiger partial charge on any atom is -0.454 e. The second kappa shape index (κ2) is 13.0. The molecule has 0 saturated carbocycles. The summed E-state index contributed by atoms with van der Waals surface area (Å²) in [5, 5.41) is 4.49. The van der Waals surface area contributed by atoms with E-state index in [1.54, 1.807) is 0 Å². The van der Waals surface area contributed by atoms with E-state index in [1.165, 1.54) is 56.4 Å². The van der Waals surface area contributed by atoms with Crippen molar-refractivity contribution in [3.8, 4) is 22.6 Å². The molecule has 1 spiro atoms. The zero-order chi connectivity index (χ0) is 32.8. The lowest BCUT2D eigenvalue weighted by atomic mass is 9.78. The number of hydrogen-bond acceptors (Lipinski definition) is 7. The minimum absolute atomic E-state index is 0.133. The molecule has 1 N–H and O–H groups in total. The smallest absolute Gasteiger partial charge is 0.254 e. The maximum absolute atomic E-state index is 14.6. The zero-order valence-electron chi connectivity index (χ0n) is 28.5. The van der Waals surface area contributed by atoms with Gasteiger partial charge in [-0.1, -0.05) is 24.3 Å². The Labute approximate surface area is 289 Å². The molecule has 4 fully saturated rings. The number of aromatic nitrogens is 1. The second-order valence-electron chi connectivity index (χ2n) is 15.0. The van der Waals surface area contributed by atoms with E-state index in [4.69, 9.17) is 14.5 Å². The second-order valence-corrected chi connectivity index (χ2v) is 15.0. The molecule has 4 saturated heterocycles. The average Bonchev–Trinajstić information content (AvgIpc) is 3.98. The van der Waals surface area contributed by atoms with Gasteiger partial charge in [0.25, 0.3) is 5.91 Å². The Morgan fingerprint density at radius 1 is 0.837 bits per heavy atom. The highest BCUT2D eigenvalue weighted by molar-refractivity contribution is 6.07. The fourth-order valence-electron chi connectivity index (χ4n) is 9.01. The van der Waals surface area contributed by atoms with Crippen LogP contribution in [-0.2, 0) is 6.42 Å². The van der Waals surface area contributed by atoms with Crippen molar-refractivity contribution in [2.24, 2.45) is 5.41 Å². The summed E-state index contributed by atoms with van der Waals surface area (Å²) in [6.45, 7) is 8.94. The molecule has 1 aromatic heterocycles. The Morgan fingerprint density at radius 2 is 1.63 bits per heavy atom. The Bertz CT molecular complexity index is 1840. The number of carbonyl (C=O) groups excluding carboxylic acids is 1. The minimum atomic E-state index is 0.133. The number of benzene rings is 3. The predicted molar refractivity (Wildman–Crippen MR) is 194 cm³/mol. The molecule has 1 amide bonds. The normalized spacial score (nSPS) is 21.8. The molecule has 8 nitrogen and oxygen atoms in total. The van der Waals surface area contributed by atoms with Crippen molar-refractivity contribution in [3.63, 3.8) is 0 Å². The van der Waals surface area contributed by atoms with Crippen molar-refractivity contribution in [2.75, 3.05) is 64.1 Å². The molecular weight excluding hydrogens is 610 g/mol. The summed E-state index contributed by atoms with van der Waals surface area (Å²) in [6.07, 6.45) is 9.20. The van der Waals surface area contributed by atoms with Crippen LogP contribution in [0.2, 0.25) is 0 Å². The molecule has 1 atom stereocenters. The topological polar surface area (TPSA) is 70.2 Å². The largest absolute Gasteiger partial charge is 0.454 e. The molecule has 0 aliphatic carbocycles. The van der Waals surface area contributed by atoms with Crippen molar-refractivity contribution in [2.45, 2.75) is 57.4 Å². The van der Waals surface area contributed by atoms with Crippen LogP contribution in [-0.4, -0.2) is 85.9 Å². The maximum atomic E-state index is 14.6. The molecule has 49 heavy (non-hydrogen) atoms. The van der Waals surface area contributed by atoms with Crippen molar-refractivity contribution in [1.29, 1.82) is 0 Å². The van der Waals surface area contributed by atoms with Crippen LogP contribution in [0, 0.1) is 5.41 Å². The lowest BCUT2D eigenvalue weighted by Gasteiger charge is -2.40. The van der Waals surface area contributed by atoms with Crippen molar-refractivity contribution >= 4 is 22.5 Å². The quantitative estimate of drug-likeness (QED) is 0.243. The first-order valence-electron chi connectivity index (χ1n) is 18.5. The van der Waals surface area contributed by atoms with Gasteiger partial charge in [0, 0.05) is 62.0 Å². The van der Waals surface area contributed by atoms with Crippen LogP contribution in [0.15, 0.2) is 66.7 Å². The van der Waals surface area contributed by atoms with Crippen molar-refractivity contribution < 1.29 is 14.3 Å². The summed E-state index contributed by atoms with van der Waals surface area (Å²) in [6, 6.07) is 23.8. The van der Waals surface area contributed by atoms with Crippen LogP contribution >= 0.6 is 0 Å². The van der Waals surface area contributed by atoms with Gasteiger partial charge in [-0.15, -0.1) is 0 Å². The van der Waals surface area contributed by atoms with E-state index in [1.807, 2.05) is 12.1 Å². The van der Waals surface area contributed by atoms with E-state index in [2.05, 4.69) is 74.6 Å². The molecule has 254 valence electrons. The zero-order valence-corrected chi connectivity index (χ0v) is 28.5. The van der Waals surface area contributed by atoms with Gasteiger partial charge >= 0.3 is 0 Å². The number of likely N-dealkylation sites (tertiary alicyclic amines) is 2. The van der Waals surface area contributed by atoms with Gasteiger partial charge in [-0.3, -0.25) is 9.78 Å². The highest BCUT2D eigenvalue weighted by atomic mass is 16.7. The van der Waals surface area contributed by atoms with Crippen LogP contribution in [0.1, 0.15) is 66.6 Å². The highest BCUT2D eigenvalue weighted by Gasteiger charge is 2.37. The van der Waals surface area contributed by atoms with Gasteiger partial charge in [-0.2, -0.15) is 0 Å². The van der Waals surface area contributed by atoms with E-state index >= 15 is 0 Å². The average molecular weight is 658 g/mol. The van der Waals surface area contributed by atoms with Crippen LogP contribution in [0.3, 0.4) is 0 Å². The molecule has 0 radical (unpaired) electrons. The Balaban J connectivity index is 1.01. The third kappa shape index (κ3) is 6.14. The molecule has 5 aliphatic heterocycles. The standard InChI is InChI=1S/C41H47N5O3/c47-40(46-19-3-4-34(46)26-44-17-1-2-18-44)36-25-32(22-29-5-9-33(10-6-29)45-20-14-41(15-21-45)13-16-42-27-41)43-37-11-7-30(23-35(36)37)31-8-12-38-39(24-31)49-28-48-38/h5-12,23-25,34,42H,1-4,13-22,26-28H2. The lowest BCUT2D eigenvalue weighted by Crippen LogP contribution is -2.42. The fraction of sp³-hybridized carbons (Fsp3) is 0.463. The molecule has 8 heteroatoms. The van der Waals surface area contributed by atoms with Crippen LogP contribution in [0.4, 0.5) is 5.69 Å². The third-order valence-corrected chi connectivity index (χ3v) is 11.9. The summed E-state index contributed by atoms with van der Waals surface area (Å²) in [4.78, 5) is 27.0. The molecule has 1 unspecified atom stereocenters. The van der Waals surface area contributed by atoms with Crippen molar-refractivity contribution in [3.05, 3.63) is 83.6 Å². The molecule has 3 aromatic carbocycles. The summed E-state index contributed by atoms with van der Waals surface area (Å²) >= 11 is 0. The van der Waals surface area contributed by atoms with Crippen LogP contribution in [0.5, 0.6) is 11.5 Å². The Kier molecular flexibility index (Phi) is 8.17. The molecule has 4 aromatic rings. The van der Waals surface area contributed by atoms with Gasteiger partial charge in [0.2, 0.25) is 6.79 Å². The summed E-state index contributed by atoms with van der Waals surface area (Å²) < 4.78 is 11.2. The van der Waals surface area contributed by atoms with Gasteiger partial charge in [0.1, 0.15) is 0 Å². The predicted octanol–water partition coefficient (Wildman–Crippen LogP) is 6.50. The number of piperidine rings is 1. The maximum Gasteiger partial charge on any atom is 0.254 e. The van der Waals surface area contributed by atoms with E-state index in [0.717, 1.165) is 96.9 Å². The third-order valence-electron chi connectivity index (χ3n) is 11.9. The summed E-state index contributed by atoms with van der Waals surface area (Å²) in [5.74, 6) is 1.66. The van der Waals surface area contributed by atoms with Gasteiger partial charge in [-0.05, 0) is 129 Å². The van der Waals surface area contributed by atoms with Crippen LogP contribution < -0.4 is 19.7 Å². The molecule has 0 bridgehead atoms. The number of amides is 1. The lowest BCUT2D eigenvalue weighted by molar-refractivity contribution is 0.0710. The first kappa shape index (κ1) is 30.9. The van der Waals surface area contributed by atoms with Gasteiger partial charge in [-0.25, -0.2) is 0 Å². The first-order valence-corrected chi connectivity index (χ1v) is 18.5. The molecule has 6 heterocycles. The summed E-state index contributed by atoms with van der Waals surface area (Å²) in [7, 11) is 0. The number of nitrogens with one attached hydrogen (secondary N) is 1. The molecule has 5 aliphatic rings. The number of hydrogen-bond donors (Lipinski definition) is 1. The summed E-state index contributed by atoms with van der Waals surface area (Å²) in [5.41, 5.74) is 7.66. The number of carbonyl (C=O) groups is 1. The first-order chi connectivity index (χ1) is 24.1. The number of ether oxygens (including phenoxy) is 2. The fourth-order valence-corrected chi connectivity index (χ4v) is 9.01. The Hall–Kier alpha value is -4.14. The number of nitrogens with zero attached hydrogens (tertiary/aromatic N) is 4. The number of anilines is 1. The van der Waals surface area contributed by atoms with E-state index in [0.29, 0.717) is 11.8 Å². The van der Waals surface area contributed by atoms with Crippen LogP contribution in [0.25, 0.3) is 22.0 Å². The Morgan fingerprint density at radius 3 is 2.45 bits per heavy atom. The highest BCUT2D eigenvalue weighted by Crippen LogP contribution is 2.39. The van der Waals surface area contributed by atoms with E-state index < -0.39 is 0 Å².